The maximum absolute atomic E-state index is 11.7. The van der Waals surface area contributed by atoms with Crippen molar-refractivity contribution in [3.8, 4) is 0 Å². The molecule has 2 heterocycles. The number of carbonyl (C=O) groups excluding carboxylic acids is 1. The lowest BCUT2D eigenvalue weighted by molar-refractivity contribution is -0.118. The normalized spacial score (nSPS) is 20.7. The molecule has 0 aliphatic carbocycles. The van der Waals surface area contributed by atoms with Crippen LogP contribution in [0.3, 0.4) is 0 Å². The summed E-state index contributed by atoms with van der Waals surface area (Å²) in [7, 11) is 0. The fraction of sp³-hybridized carbons (Fsp3) is 0.545. The van der Waals surface area contributed by atoms with Crippen molar-refractivity contribution in [2.24, 2.45) is 0 Å². The average molecular weight is 288 g/mol. The van der Waals surface area contributed by atoms with Gasteiger partial charge in [-0.3, -0.25) is 4.79 Å². The largest absolute Gasteiger partial charge is 0.314 e. The van der Waals surface area contributed by atoms with E-state index in [1.165, 1.54) is 6.42 Å². The summed E-state index contributed by atoms with van der Waals surface area (Å²) in [4.78, 5) is 12.9. The molecule has 1 aromatic heterocycles. The first-order valence-corrected chi connectivity index (χ1v) is 6.89. The second kappa shape index (κ2) is 5.23. The van der Waals surface area contributed by atoms with Crippen LogP contribution in [0.1, 0.15) is 24.1 Å². The average Bonchev–Trinajstić information content (AvgIpc) is 2.77. The number of hydrogen-bond acceptors (Lipinski definition) is 3. The van der Waals surface area contributed by atoms with Crippen LogP contribution >= 0.6 is 27.3 Å². The molecule has 1 unspecified atom stereocenters. The lowest BCUT2D eigenvalue weighted by Crippen LogP contribution is -2.25. The van der Waals surface area contributed by atoms with E-state index in [0.29, 0.717) is 24.7 Å². The Morgan fingerprint density at radius 2 is 2.53 bits per heavy atom. The molecular weight excluding hydrogens is 274 g/mol. The van der Waals surface area contributed by atoms with E-state index in [1.807, 2.05) is 11.4 Å². The van der Waals surface area contributed by atoms with Crippen molar-refractivity contribution >= 4 is 33.0 Å². The Kier molecular flexibility index (Phi) is 3.94. The van der Waals surface area contributed by atoms with Crippen molar-refractivity contribution in [3.63, 3.8) is 0 Å². The minimum atomic E-state index is 0.351. The van der Waals surface area contributed by atoms with Crippen LogP contribution in [-0.4, -0.2) is 18.4 Å². The van der Waals surface area contributed by atoms with E-state index in [9.17, 15) is 4.79 Å². The number of carbonyl (C=O) groups is 1. The molecule has 0 spiro atoms. The van der Waals surface area contributed by atoms with Crippen LogP contribution < -0.4 is 5.32 Å². The van der Waals surface area contributed by atoms with Crippen molar-refractivity contribution in [1.29, 1.82) is 0 Å². The number of Topliss-reactive ketones (excluding diaryl/α,β-unsaturated/α-hetero) is 1. The smallest absolute Gasteiger partial charge is 0.139 e. The Balaban J connectivity index is 1.81. The van der Waals surface area contributed by atoms with Gasteiger partial charge in [-0.1, -0.05) is 0 Å². The minimum absolute atomic E-state index is 0.351. The predicted octanol–water partition coefficient (Wildman–Crippen LogP) is 2.76. The van der Waals surface area contributed by atoms with E-state index in [1.54, 1.807) is 11.3 Å². The highest BCUT2D eigenvalue weighted by atomic mass is 79.9. The van der Waals surface area contributed by atoms with Gasteiger partial charge in [0, 0.05) is 33.6 Å². The minimum Gasteiger partial charge on any atom is -0.314 e. The van der Waals surface area contributed by atoms with Crippen LogP contribution in [0.4, 0.5) is 0 Å². The maximum atomic E-state index is 11.7. The van der Waals surface area contributed by atoms with E-state index in [2.05, 4.69) is 21.2 Å². The molecule has 4 heteroatoms. The van der Waals surface area contributed by atoms with Gasteiger partial charge in [0.05, 0.1) is 0 Å². The van der Waals surface area contributed by atoms with Gasteiger partial charge in [-0.25, -0.2) is 0 Å². The van der Waals surface area contributed by atoms with Gasteiger partial charge in [-0.2, -0.15) is 0 Å². The van der Waals surface area contributed by atoms with Gasteiger partial charge in [0.15, 0.2) is 0 Å². The van der Waals surface area contributed by atoms with Crippen molar-refractivity contribution in [2.45, 2.75) is 31.7 Å². The van der Waals surface area contributed by atoms with Crippen LogP contribution in [0.15, 0.2) is 15.9 Å². The van der Waals surface area contributed by atoms with Crippen molar-refractivity contribution in [1.82, 2.24) is 5.32 Å². The summed E-state index contributed by atoms with van der Waals surface area (Å²) in [6, 6.07) is 2.46. The molecule has 0 radical (unpaired) electrons. The van der Waals surface area contributed by atoms with Gasteiger partial charge in [-0.15, -0.1) is 11.3 Å². The fourth-order valence-electron chi connectivity index (χ4n) is 1.92. The Morgan fingerprint density at radius 3 is 3.13 bits per heavy atom. The second-order valence-electron chi connectivity index (χ2n) is 3.94. The van der Waals surface area contributed by atoms with Crippen LogP contribution in [0.2, 0.25) is 0 Å². The first kappa shape index (κ1) is 11.3. The molecule has 0 aromatic carbocycles. The van der Waals surface area contributed by atoms with Crippen LogP contribution in [0.25, 0.3) is 0 Å². The molecule has 82 valence electrons. The standard InChI is InChI=1S/C11H14BrNOS/c12-8-4-11(15-7-8)6-10(14)5-9-2-1-3-13-9/h4,7,9,13H,1-3,5-6H2. The van der Waals surface area contributed by atoms with E-state index in [4.69, 9.17) is 0 Å². The molecule has 2 nitrogen and oxygen atoms in total. The SMILES string of the molecule is O=C(Cc1cc(Br)cs1)CC1CCCN1. The third-order valence-electron chi connectivity index (χ3n) is 2.63. The number of rotatable bonds is 4. The molecule has 0 saturated carbocycles. The fourth-order valence-corrected chi connectivity index (χ4v) is 3.40. The third kappa shape index (κ3) is 3.40. The zero-order valence-corrected chi connectivity index (χ0v) is 10.9. The van der Waals surface area contributed by atoms with Gasteiger partial charge >= 0.3 is 0 Å². The molecular formula is C11H14BrNOS. The van der Waals surface area contributed by atoms with Crippen molar-refractivity contribution < 1.29 is 4.79 Å². The first-order chi connectivity index (χ1) is 7.24. The van der Waals surface area contributed by atoms with Gasteiger partial charge < -0.3 is 5.32 Å². The molecule has 0 bridgehead atoms. The first-order valence-electron chi connectivity index (χ1n) is 5.22. The van der Waals surface area contributed by atoms with Crippen molar-refractivity contribution in [3.05, 3.63) is 20.8 Å². The van der Waals surface area contributed by atoms with E-state index >= 15 is 0 Å². The number of hydrogen-bond donors (Lipinski definition) is 1. The summed E-state index contributed by atoms with van der Waals surface area (Å²) in [5.41, 5.74) is 0. The summed E-state index contributed by atoms with van der Waals surface area (Å²) in [6.07, 6.45) is 3.65. The lowest BCUT2D eigenvalue weighted by Gasteiger charge is -2.07. The molecule has 1 N–H and O–H groups in total. The number of ketones is 1. The van der Waals surface area contributed by atoms with Crippen LogP contribution in [0, 0.1) is 0 Å². The summed E-state index contributed by atoms with van der Waals surface area (Å²) in [5, 5.41) is 5.38. The maximum Gasteiger partial charge on any atom is 0.139 e. The van der Waals surface area contributed by atoms with Gasteiger partial charge in [0.25, 0.3) is 0 Å². The Morgan fingerprint density at radius 1 is 1.67 bits per heavy atom. The molecule has 1 fully saturated rings. The molecule has 1 aliphatic rings. The zero-order valence-electron chi connectivity index (χ0n) is 8.46. The van der Waals surface area contributed by atoms with Crippen LogP contribution in [-0.2, 0) is 11.2 Å². The Bertz CT molecular complexity index is 344. The Labute approximate surface area is 102 Å². The van der Waals surface area contributed by atoms with Crippen LogP contribution in [0.5, 0.6) is 0 Å². The summed E-state index contributed by atoms with van der Waals surface area (Å²) in [6.45, 7) is 1.07. The molecule has 15 heavy (non-hydrogen) atoms. The number of halogens is 1. The molecule has 0 amide bonds. The Hall–Kier alpha value is -0.190. The second-order valence-corrected chi connectivity index (χ2v) is 5.86. The third-order valence-corrected chi connectivity index (χ3v) is 4.33. The van der Waals surface area contributed by atoms with E-state index < -0.39 is 0 Å². The highest BCUT2D eigenvalue weighted by Gasteiger charge is 2.17. The molecule has 2 rings (SSSR count). The molecule has 1 aliphatic heterocycles. The molecule has 1 aromatic rings. The monoisotopic (exact) mass is 287 g/mol. The summed E-state index contributed by atoms with van der Waals surface area (Å²) in [5.74, 6) is 0.351. The summed E-state index contributed by atoms with van der Waals surface area (Å²) >= 11 is 5.04. The predicted molar refractivity (Wildman–Crippen MR) is 66.4 cm³/mol. The van der Waals surface area contributed by atoms with Gasteiger partial charge in [-0.05, 0) is 41.4 Å². The van der Waals surface area contributed by atoms with Crippen molar-refractivity contribution in [2.75, 3.05) is 6.54 Å². The lowest BCUT2D eigenvalue weighted by atomic mass is 10.1. The highest BCUT2D eigenvalue weighted by molar-refractivity contribution is 9.10. The topological polar surface area (TPSA) is 29.1 Å². The van der Waals surface area contributed by atoms with Gasteiger partial charge in [0.1, 0.15) is 5.78 Å². The number of nitrogens with one attached hydrogen (secondary N) is 1. The molecule has 1 atom stereocenters. The zero-order chi connectivity index (χ0) is 10.7. The molecule has 1 saturated heterocycles. The van der Waals surface area contributed by atoms with Gasteiger partial charge in [0.2, 0.25) is 0 Å². The highest BCUT2D eigenvalue weighted by Crippen LogP contribution is 2.21. The quantitative estimate of drug-likeness (QED) is 0.923. The van der Waals surface area contributed by atoms with E-state index in [-0.39, 0.29) is 0 Å². The number of thiophene rings is 1. The summed E-state index contributed by atoms with van der Waals surface area (Å²) < 4.78 is 1.08. The van der Waals surface area contributed by atoms with E-state index in [0.717, 1.165) is 22.3 Å².